The van der Waals surface area contributed by atoms with Gasteiger partial charge in [0, 0.05) is 31.4 Å². The largest absolute Gasteiger partial charge is 0.462 e. The van der Waals surface area contributed by atoms with Crippen LogP contribution in [0.5, 0.6) is 0 Å². The highest BCUT2D eigenvalue weighted by atomic mass is 19.1. The number of nitrogens with one attached hydrogen (secondary N) is 1. The number of halogens is 3. The third-order valence-corrected chi connectivity index (χ3v) is 6.48. The minimum Gasteiger partial charge on any atom is -0.462 e. The zero-order valence-corrected chi connectivity index (χ0v) is 18.5. The molecule has 7 nitrogen and oxygen atoms in total. The molecule has 178 valence electrons. The van der Waals surface area contributed by atoms with Crippen LogP contribution >= 0.6 is 0 Å². The molecule has 34 heavy (non-hydrogen) atoms. The highest BCUT2D eigenvalue weighted by Gasteiger charge is 2.36. The molecule has 2 fully saturated rings. The molecule has 10 heteroatoms. The lowest BCUT2D eigenvalue weighted by Crippen LogP contribution is -2.40. The molecular formula is C24H23F3N4O3. The van der Waals surface area contributed by atoms with Crippen molar-refractivity contribution >= 4 is 22.8 Å². The van der Waals surface area contributed by atoms with Gasteiger partial charge in [-0.05, 0) is 50.4 Å². The molecule has 0 bridgehead atoms. The maximum Gasteiger partial charge on any atom is 0.343 e. The van der Waals surface area contributed by atoms with Crippen molar-refractivity contribution in [2.45, 2.75) is 25.8 Å². The molecule has 0 aliphatic carbocycles. The van der Waals surface area contributed by atoms with Crippen LogP contribution in [0, 0.1) is 23.4 Å². The Morgan fingerprint density at radius 2 is 2.03 bits per heavy atom. The lowest BCUT2D eigenvalue weighted by Gasteiger charge is -2.24. The lowest BCUT2D eigenvalue weighted by molar-refractivity contribution is 0.0524. The van der Waals surface area contributed by atoms with E-state index in [1.807, 2.05) is 4.90 Å². The smallest absolute Gasteiger partial charge is 0.343 e. The minimum absolute atomic E-state index is 0.0120. The summed E-state index contributed by atoms with van der Waals surface area (Å²) in [5.41, 5.74) is -1.35. The van der Waals surface area contributed by atoms with Crippen molar-refractivity contribution in [1.29, 1.82) is 0 Å². The van der Waals surface area contributed by atoms with Crippen LogP contribution in [0.2, 0.25) is 0 Å². The number of piperidine rings is 1. The van der Waals surface area contributed by atoms with E-state index in [0.717, 1.165) is 37.7 Å². The van der Waals surface area contributed by atoms with Crippen LogP contribution in [0.15, 0.2) is 35.3 Å². The van der Waals surface area contributed by atoms with E-state index >= 15 is 4.39 Å². The van der Waals surface area contributed by atoms with Crippen molar-refractivity contribution in [2.75, 3.05) is 31.1 Å². The average Bonchev–Trinajstić information content (AvgIpc) is 3.24. The van der Waals surface area contributed by atoms with Gasteiger partial charge in [0.25, 0.3) is 0 Å². The number of carbonyl (C=O) groups is 1. The fourth-order valence-corrected chi connectivity index (χ4v) is 4.87. The van der Waals surface area contributed by atoms with Gasteiger partial charge in [-0.1, -0.05) is 0 Å². The van der Waals surface area contributed by atoms with Crippen molar-refractivity contribution in [1.82, 2.24) is 14.9 Å². The zero-order chi connectivity index (χ0) is 24.0. The fraction of sp³-hybridized carbons (Fsp3) is 0.375. The van der Waals surface area contributed by atoms with Gasteiger partial charge in [-0.3, -0.25) is 9.36 Å². The van der Waals surface area contributed by atoms with E-state index in [2.05, 4.69) is 10.3 Å². The van der Waals surface area contributed by atoms with E-state index in [4.69, 9.17) is 4.74 Å². The van der Waals surface area contributed by atoms with Gasteiger partial charge in [-0.2, -0.15) is 0 Å². The maximum absolute atomic E-state index is 15.3. The quantitative estimate of drug-likeness (QED) is 0.588. The van der Waals surface area contributed by atoms with Gasteiger partial charge in [0.15, 0.2) is 17.3 Å². The number of esters is 1. The van der Waals surface area contributed by atoms with E-state index in [1.54, 1.807) is 6.92 Å². The molecule has 5 rings (SSSR count). The molecule has 1 N–H and O–H groups in total. The molecule has 0 amide bonds. The Morgan fingerprint density at radius 3 is 2.76 bits per heavy atom. The molecule has 2 aromatic heterocycles. The van der Waals surface area contributed by atoms with Crippen molar-refractivity contribution in [3.05, 3.63) is 63.7 Å². The highest BCUT2D eigenvalue weighted by Crippen LogP contribution is 2.31. The molecule has 0 saturated carbocycles. The number of aromatic nitrogens is 2. The van der Waals surface area contributed by atoms with Gasteiger partial charge < -0.3 is 15.0 Å². The first-order chi connectivity index (χ1) is 16.4. The number of fused-ring (bicyclic) bond motifs is 2. The molecule has 4 heterocycles. The van der Waals surface area contributed by atoms with Crippen molar-refractivity contribution < 1.29 is 22.7 Å². The number of carbonyl (C=O) groups excluding carboxylic acids is 1. The van der Waals surface area contributed by atoms with E-state index in [-0.39, 0.29) is 35.2 Å². The summed E-state index contributed by atoms with van der Waals surface area (Å²) in [4.78, 5) is 31.7. The normalized spacial score (nSPS) is 19.9. The summed E-state index contributed by atoms with van der Waals surface area (Å²) < 4.78 is 49.7. The molecule has 2 atom stereocenters. The number of anilines is 1. The van der Waals surface area contributed by atoms with Crippen LogP contribution in [-0.4, -0.2) is 47.8 Å². The Morgan fingerprint density at radius 1 is 1.21 bits per heavy atom. The number of hydrogen-bond donors (Lipinski definition) is 1. The first-order valence-corrected chi connectivity index (χ1v) is 11.2. The Balaban J connectivity index is 1.71. The van der Waals surface area contributed by atoms with Crippen LogP contribution < -0.4 is 15.6 Å². The Kier molecular flexibility index (Phi) is 5.76. The van der Waals surface area contributed by atoms with Gasteiger partial charge in [0.05, 0.1) is 17.7 Å². The molecule has 1 aromatic carbocycles. The zero-order valence-electron chi connectivity index (χ0n) is 18.5. The van der Waals surface area contributed by atoms with Crippen LogP contribution in [0.3, 0.4) is 0 Å². The molecule has 0 radical (unpaired) electrons. The summed E-state index contributed by atoms with van der Waals surface area (Å²) in [6, 6.07) is 4.14. The topological polar surface area (TPSA) is 76.5 Å². The number of benzene rings is 1. The second kappa shape index (κ2) is 8.75. The highest BCUT2D eigenvalue weighted by molar-refractivity contribution is 5.94. The number of pyridine rings is 2. The minimum atomic E-state index is -0.927. The monoisotopic (exact) mass is 472 g/mol. The van der Waals surface area contributed by atoms with Gasteiger partial charge in [0.2, 0.25) is 5.43 Å². The lowest BCUT2D eigenvalue weighted by atomic mass is 9.94. The number of rotatable bonds is 4. The van der Waals surface area contributed by atoms with E-state index in [9.17, 15) is 18.4 Å². The molecule has 0 unspecified atom stereocenters. The molecular weight excluding hydrogens is 449 g/mol. The summed E-state index contributed by atoms with van der Waals surface area (Å²) >= 11 is 0. The second-order valence-electron chi connectivity index (χ2n) is 8.59. The first kappa shape index (κ1) is 22.4. The number of ether oxygens (including phenoxy) is 1. The van der Waals surface area contributed by atoms with Crippen LogP contribution in [0.1, 0.15) is 30.1 Å². The van der Waals surface area contributed by atoms with Gasteiger partial charge in [-0.15, -0.1) is 0 Å². The van der Waals surface area contributed by atoms with Crippen LogP contribution in [0.4, 0.5) is 19.0 Å². The fourth-order valence-electron chi connectivity index (χ4n) is 4.87. The van der Waals surface area contributed by atoms with E-state index < -0.39 is 34.4 Å². The van der Waals surface area contributed by atoms with Gasteiger partial charge in [-0.25, -0.2) is 22.9 Å². The van der Waals surface area contributed by atoms with Crippen molar-refractivity contribution in [2.24, 2.45) is 5.92 Å². The molecule has 3 aromatic rings. The first-order valence-electron chi connectivity index (χ1n) is 11.2. The maximum atomic E-state index is 15.3. The van der Waals surface area contributed by atoms with Gasteiger partial charge >= 0.3 is 5.97 Å². The summed E-state index contributed by atoms with van der Waals surface area (Å²) in [5, 5.41) is 3.24. The number of hydrogen-bond acceptors (Lipinski definition) is 6. The van der Waals surface area contributed by atoms with Gasteiger partial charge in [0.1, 0.15) is 17.2 Å². The van der Waals surface area contributed by atoms with Crippen molar-refractivity contribution in [3.8, 4) is 5.69 Å². The standard InChI is InChI=1S/C24H23F3N4O3/c1-2-34-24(33)16-11-31(20-6-5-14(25)8-17(20)26)22-15(21(16)32)9-18(27)23(29-22)30-10-13-4-3-7-28-19(13)12-30/h5-6,8-9,11,13,19,28H,2-4,7,10,12H2,1H3/t13-,19+/m0/s1. The number of nitrogens with zero attached hydrogens (tertiary/aromatic N) is 3. The second-order valence-corrected chi connectivity index (χ2v) is 8.59. The third kappa shape index (κ3) is 3.81. The molecule has 2 saturated heterocycles. The Bertz CT molecular complexity index is 1330. The summed E-state index contributed by atoms with van der Waals surface area (Å²) in [6.45, 7) is 3.65. The average molecular weight is 472 g/mol. The molecule has 2 aliphatic heterocycles. The summed E-state index contributed by atoms with van der Waals surface area (Å²) in [5.74, 6) is -2.95. The molecule has 0 spiro atoms. The van der Waals surface area contributed by atoms with E-state index in [1.165, 1.54) is 10.6 Å². The van der Waals surface area contributed by atoms with Crippen LogP contribution in [-0.2, 0) is 4.74 Å². The van der Waals surface area contributed by atoms with Crippen molar-refractivity contribution in [3.63, 3.8) is 0 Å². The Labute approximate surface area is 193 Å². The predicted octanol–water partition coefficient (Wildman–Crippen LogP) is 3.17. The SMILES string of the molecule is CCOC(=O)c1cn(-c2ccc(F)cc2F)c2nc(N3C[C@@H]4CCCN[C@@H]4C3)c(F)cc2c1=O. The van der Waals surface area contributed by atoms with E-state index in [0.29, 0.717) is 25.1 Å². The predicted molar refractivity (Wildman–Crippen MR) is 120 cm³/mol. The Hall–Kier alpha value is -3.40. The summed E-state index contributed by atoms with van der Waals surface area (Å²) in [7, 11) is 0. The summed E-state index contributed by atoms with van der Waals surface area (Å²) in [6.07, 6.45) is 3.18. The third-order valence-electron chi connectivity index (χ3n) is 6.48. The molecule has 2 aliphatic rings. The van der Waals surface area contributed by atoms with Crippen LogP contribution in [0.25, 0.3) is 16.7 Å².